The third-order valence-electron chi connectivity index (χ3n) is 6.71. The Bertz CT molecular complexity index is 1100. The van der Waals surface area contributed by atoms with Crippen molar-refractivity contribution in [1.82, 2.24) is 30.0 Å². The zero-order chi connectivity index (χ0) is 22.1. The fraction of sp³-hybridized carbons (Fsp3) is 0.522. The van der Waals surface area contributed by atoms with E-state index in [9.17, 15) is 4.79 Å². The zero-order valence-corrected chi connectivity index (χ0v) is 19.4. The van der Waals surface area contributed by atoms with E-state index < -0.39 is 0 Å². The van der Waals surface area contributed by atoms with Crippen LogP contribution in [-0.2, 0) is 4.79 Å². The van der Waals surface area contributed by atoms with Crippen LogP contribution in [0.25, 0.3) is 21.5 Å². The van der Waals surface area contributed by atoms with E-state index in [0.29, 0.717) is 12.0 Å². The average Bonchev–Trinajstić information content (AvgIpc) is 3.25. The minimum Gasteiger partial charge on any atom is -0.304 e. The Hall–Kier alpha value is -2.49. The molecule has 0 unspecified atom stereocenters. The molecule has 0 radical (unpaired) electrons. The van der Waals surface area contributed by atoms with E-state index in [0.717, 1.165) is 78.3 Å². The quantitative estimate of drug-likeness (QED) is 0.652. The fourth-order valence-corrected chi connectivity index (χ4v) is 5.42. The van der Waals surface area contributed by atoms with Gasteiger partial charge < -0.3 is 4.90 Å². The molecule has 1 saturated carbocycles. The summed E-state index contributed by atoms with van der Waals surface area (Å²) in [5.74, 6) is 0.445. The number of nitrogens with one attached hydrogen (secondary N) is 1. The molecule has 1 amide bonds. The lowest BCUT2D eigenvalue weighted by atomic mass is 9.84. The third kappa shape index (κ3) is 4.65. The van der Waals surface area contributed by atoms with Gasteiger partial charge in [0.15, 0.2) is 0 Å². The van der Waals surface area contributed by atoms with Crippen LogP contribution < -0.4 is 5.32 Å². The Balaban J connectivity index is 1.22. The number of piperazine rings is 1. The van der Waals surface area contributed by atoms with Gasteiger partial charge in [-0.3, -0.25) is 15.0 Å². The number of aromatic nitrogens is 4. The van der Waals surface area contributed by atoms with Gasteiger partial charge in [0.1, 0.15) is 10.0 Å². The molecule has 2 aromatic heterocycles. The molecule has 0 atom stereocenters. The smallest absolute Gasteiger partial charge is 0.229 e. The van der Waals surface area contributed by atoms with E-state index in [1.165, 1.54) is 0 Å². The van der Waals surface area contributed by atoms with Crippen LogP contribution in [0.2, 0.25) is 0 Å². The standard InChI is InChI=1S/C23H29N7OS/c1-15-27-28-22(32-15)17-3-4-18-14-24-23(25-20(18)13-17)26-21(31)16-5-7-19(8-6-16)30-11-9-29(2)10-12-30/h3-4,13-14,16,19H,5-12H2,1-2H3,(H,24,25,26,31). The second-order valence-corrected chi connectivity index (χ2v) is 10.1. The van der Waals surface area contributed by atoms with E-state index in [2.05, 4.69) is 42.3 Å². The number of rotatable bonds is 4. The number of hydrogen-bond donors (Lipinski definition) is 1. The first-order chi connectivity index (χ1) is 15.5. The van der Waals surface area contributed by atoms with Crippen molar-refractivity contribution in [1.29, 1.82) is 0 Å². The molecule has 8 nitrogen and oxygen atoms in total. The van der Waals surface area contributed by atoms with Crippen molar-refractivity contribution >= 4 is 34.1 Å². The minimum absolute atomic E-state index is 0.0358. The Labute approximate surface area is 192 Å². The first-order valence-electron chi connectivity index (χ1n) is 11.4. The average molecular weight is 452 g/mol. The molecule has 2 aliphatic rings. The number of nitrogens with zero attached hydrogens (tertiary/aromatic N) is 6. The highest BCUT2D eigenvalue weighted by atomic mass is 32.1. The van der Waals surface area contributed by atoms with Crippen molar-refractivity contribution in [3.8, 4) is 10.6 Å². The van der Waals surface area contributed by atoms with Crippen molar-refractivity contribution in [2.45, 2.75) is 38.6 Å². The van der Waals surface area contributed by atoms with Gasteiger partial charge in [-0.2, -0.15) is 0 Å². The zero-order valence-electron chi connectivity index (χ0n) is 18.6. The van der Waals surface area contributed by atoms with Crippen molar-refractivity contribution in [3.05, 3.63) is 29.4 Å². The number of carbonyl (C=O) groups excluding carboxylic acids is 1. The van der Waals surface area contributed by atoms with Gasteiger partial charge in [-0.25, -0.2) is 9.97 Å². The topological polar surface area (TPSA) is 87.1 Å². The summed E-state index contributed by atoms with van der Waals surface area (Å²) in [6, 6.07) is 6.58. The number of aryl methyl sites for hydroxylation is 1. The molecule has 1 aliphatic carbocycles. The largest absolute Gasteiger partial charge is 0.304 e. The highest BCUT2D eigenvalue weighted by Gasteiger charge is 2.30. The number of anilines is 1. The summed E-state index contributed by atoms with van der Waals surface area (Å²) in [6.45, 7) is 6.50. The lowest BCUT2D eigenvalue weighted by molar-refractivity contribution is -0.121. The monoisotopic (exact) mass is 451 g/mol. The first kappa shape index (κ1) is 21.4. The fourth-order valence-electron chi connectivity index (χ4n) is 4.73. The van der Waals surface area contributed by atoms with Crippen molar-refractivity contribution in [2.24, 2.45) is 5.92 Å². The predicted molar refractivity (Wildman–Crippen MR) is 127 cm³/mol. The number of amides is 1. The maximum atomic E-state index is 12.9. The van der Waals surface area contributed by atoms with Crippen LogP contribution in [0.15, 0.2) is 24.4 Å². The summed E-state index contributed by atoms with van der Waals surface area (Å²) in [4.78, 5) is 26.8. The summed E-state index contributed by atoms with van der Waals surface area (Å²) < 4.78 is 0. The summed E-state index contributed by atoms with van der Waals surface area (Å²) in [6.07, 6.45) is 5.79. The van der Waals surface area contributed by atoms with E-state index in [1.54, 1.807) is 17.5 Å². The maximum absolute atomic E-state index is 12.9. The molecule has 32 heavy (non-hydrogen) atoms. The van der Waals surface area contributed by atoms with Crippen LogP contribution in [-0.4, -0.2) is 75.1 Å². The van der Waals surface area contributed by atoms with Crippen LogP contribution >= 0.6 is 11.3 Å². The maximum Gasteiger partial charge on any atom is 0.229 e. The molecule has 3 heterocycles. The first-order valence-corrected chi connectivity index (χ1v) is 12.2. The normalized spacial score (nSPS) is 22.8. The number of carbonyl (C=O) groups is 1. The number of fused-ring (bicyclic) bond motifs is 1. The van der Waals surface area contributed by atoms with Gasteiger partial charge in [-0.15, -0.1) is 10.2 Å². The molecule has 1 N–H and O–H groups in total. The van der Waals surface area contributed by atoms with E-state index in [-0.39, 0.29) is 11.8 Å². The molecule has 5 rings (SSSR count). The van der Waals surface area contributed by atoms with Gasteiger partial charge in [0, 0.05) is 55.3 Å². The highest BCUT2D eigenvalue weighted by molar-refractivity contribution is 7.14. The molecule has 1 aromatic carbocycles. The predicted octanol–water partition coefficient (Wildman–Crippen LogP) is 3.20. The Morgan fingerprint density at radius 1 is 1.09 bits per heavy atom. The molecule has 2 fully saturated rings. The third-order valence-corrected chi connectivity index (χ3v) is 7.60. The van der Waals surface area contributed by atoms with Crippen LogP contribution in [0.5, 0.6) is 0 Å². The van der Waals surface area contributed by atoms with Gasteiger partial charge in [-0.05, 0) is 45.7 Å². The SMILES string of the molecule is Cc1nnc(-c2ccc3cnc(NC(=O)C4CCC(N5CCN(C)CC5)CC4)nc3c2)s1. The molecule has 0 spiro atoms. The molecular weight excluding hydrogens is 422 g/mol. The summed E-state index contributed by atoms with van der Waals surface area (Å²) in [7, 11) is 2.19. The molecule has 0 bridgehead atoms. The minimum atomic E-state index is 0.0358. The van der Waals surface area contributed by atoms with E-state index in [4.69, 9.17) is 0 Å². The van der Waals surface area contributed by atoms with Crippen molar-refractivity contribution in [2.75, 3.05) is 38.5 Å². The van der Waals surface area contributed by atoms with Crippen molar-refractivity contribution in [3.63, 3.8) is 0 Å². The second kappa shape index (κ2) is 9.17. The number of benzene rings is 1. The highest BCUT2D eigenvalue weighted by Crippen LogP contribution is 2.30. The second-order valence-electron chi connectivity index (χ2n) is 8.93. The van der Waals surface area contributed by atoms with Gasteiger partial charge in [0.25, 0.3) is 0 Å². The molecule has 1 aliphatic heterocycles. The molecular formula is C23H29N7OS. The van der Waals surface area contributed by atoms with Crippen LogP contribution in [0.1, 0.15) is 30.7 Å². The van der Waals surface area contributed by atoms with Gasteiger partial charge >= 0.3 is 0 Å². The van der Waals surface area contributed by atoms with Crippen LogP contribution in [0.4, 0.5) is 5.95 Å². The number of likely N-dealkylation sites (N-methyl/N-ethyl adjacent to an activating group) is 1. The van der Waals surface area contributed by atoms with Crippen LogP contribution in [0, 0.1) is 12.8 Å². The lowest BCUT2D eigenvalue weighted by Gasteiger charge is -2.40. The van der Waals surface area contributed by atoms with E-state index >= 15 is 0 Å². The van der Waals surface area contributed by atoms with Gasteiger partial charge in [-0.1, -0.05) is 23.5 Å². The Kier molecular flexibility index (Phi) is 6.12. The van der Waals surface area contributed by atoms with E-state index in [1.807, 2.05) is 25.1 Å². The Morgan fingerprint density at radius 2 is 1.88 bits per heavy atom. The molecule has 168 valence electrons. The van der Waals surface area contributed by atoms with Crippen LogP contribution in [0.3, 0.4) is 0 Å². The Morgan fingerprint density at radius 3 is 2.59 bits per heavy atom. The molecule has 9 heteroatoms. The molecule has 3 aromatic rings. The summed E-state index contributed by atoms with van der Waals surface area (Å²) >= 11 is 1.55. The summed E-state index contributed by atoms with van der Waals surface area (Å²) in [5.41, 5.74) is 1.76. The molecule has 1 saturated heterocycles. The van der Waals surface area contributed by atoms with Crippen molar-refractivity contribution < 1.29 is 4.79 Å². The summed E-state index contributed by atoms with van der Waals surface area (Å²) in [5, 5.41) is 14.0. The number of hydrogen-bond acceptors (Lipinski definition) is 8. The lowest BCUT2D eigenvalue weighted by Crippen LogP contribution is -2.50. The van der Waals surface area contributed by atoms with Gasteiger partial charge in [0.2, 0.25) is 11.9 Å². The van der Waals surface area contributed by atoms with Gasteiger partial charge in [0.05, 0.1) is 5.52 Å².